The summed E-state index contributed by atoms with van der Waals surface area (Å²) in [6.45, 7) is 5.34. The topological polar surface area (TPSA) is 41.3 Å². The van der Waals surface area contributed by atoms with Crippen molar-refractivity contribution in [1.29, 1.82) is 0 Å². The van der Waals surface area contributed by atoms with Crippen LogP contribution in [0.15, 0.2) is 29.6 Å². The van der Waals surface area contributed by atoms with Crippen molar-refractivity contribution in [3.05, 3.63) is 35.2 Å². The van der Waals surface area contributed by atoms with E-state index in [4.69, 9.17) is 5.73 Å². The van der Waals surface area contributed by atoms with Crippen LogP contribution in [0.25, 0.3) is 10.1 Å². The third-order valence-corrected chi connectivity index (χ3v) is 4.56. The molecule has 3 N–H and O–H groups in total. The van der Waals surface area contributed by atoms with Crippen molar-refractivity contribution in [1.82, 2.24) is 10.2 Å². The van der Waals surface area contributed by atoms with Crippen molar-refractivity contribution in [3.8, 4) is 0 Å². The Morgan fingerprint density at radius 2 is 2.06 bits per heavy atom. The average molecular weight is 261 g/mol. The zero-order chi connectivity index (χ0) is 12.4. The van der Waals surface area contributed by atoms with Crippen molar-refractivity contribution in [2.45, 2.75) is 6.04 Å². The Kier molecular flexibility index (Phi) is 3.61. The molecule has 1 unspecified atom stereocenters. The molecule has 0 aliphatic carbocycles. The number of nitrogens with zero attached hydrogens (tertiary/aromatic N) is 1. The van der Waals surface area contributed by atoms with Gasteiger partial charge < -0.3 is 11.1 Å². The molecule has 18 heavy (non-hydrogen) atoms. The van der Waals surface area contributed by atoms with E-state index >= 15 is 0 Å². The van der Waals surface area contributed by atoms with Crippen LogP contribution in [-0.4, -0.2) is 37.6 Å². The molecule has 0 amide bonds. The fourth-order valence-corrected chi connectivity index (χ4v) is 3.58. The zero-order valence-corrected chi connectivity index (χ0v) is 11.2. The number of rotatable bonds is 3. The Morgan fingerprint density at radius 1 is 1.28 bits per heavy atom. The number of fused-ring (bicyclic) bond motifs is 1. The highest BCUT2D eigenvalue weighted by atomic mass is 32.1. The summed E-state index contributed by atoms with van der Waals surface area (Å²) in [5.74, 6) is 0. The lowest BCUT2D eigenvalue weighted by atomic mass is 10.1. The van der Waals surface area contributed by atoms with Crippen LogP contribution in [0.5, 0.6) is 0 Å². The Bertz CT molecular complexity index is 516. The van der Waals surface area contributed by atoms with Crippen molar-refractivity contribution in [2.75, 3.05) is 32.7 Å². The summed E-state index contributed by atoms with van der Waals surface area (Å²) >= 11 is 1.79. The second-order valence-corrected chi connectivity index (χ2v) is 5.76. The molecule has 96 valence electrons. The van der Waals surface area contributed by atoms with E-state index in [-0.39, 0.29) is 6.04 Å². The van der Waals surface area contributed by atoms with E-state index in [0.29, 0.717) is 0 Å². The molecule has 0 bridgehead atoms. The minimum atomic E-state index is 0.124. The molecule has 4 heteroatoms. The first-order valence-corrected chi connectivity index (χ1v) is 7.37. The third-order valence-electron chi connectivity index (χ3n) is 3.57. The largest absolute Gasteiger partial charge is 0.323 e. The highest BCUT2D eigenvalue weighted by Crippen LogP contribution is 2.29. The van der Waals surface area contributed by atoms with Crippen molar-refractivity contribution >= 4 is 21.4 Å². The van der Waals surface area contributed by atoms with Gasteiger partial charge in [0.05, 0.1) is 0 Å². The summed E-state index contributed by atoms with van der Waals surface area (Å²) in [6.07, 6.45) is 0. The van der Waals surface area contributed by atoms with Crippen molar-refractivity contribution in [2.24, 2.45) is 5.73 Å². The lowest BCUT2D eigenvalue weighted by Crippen LogP contribution is -2.45. The fourth-order valence-electron chi connectivity index (χ4n) is 2.56. The van der Waals surface area contributed by atoms with E-state index in [1.165, 1.54) is 15.6 Å². The molecule has 1 aliphatic heterocycles. The average Bonchev–Trinajstić information content (AvgIpc) is 2.84. The standard InChI is InChI=1S/C14H19N3S/c15-13(9-17-7-5-16-6-8-17)12-10-18-14-4-2-1-3-11(12)14/h1-4,10,13,16H,5-9,15H2. The quantitative estimate of drug-likeness (QED) is 0.885. The third kappa shape index (κ3) is 2.42. The first-order valence-electron chi connectivity index (χ1n) is 6.49. The molecule has 0 saturated carbocycles. The van der Waals surface area contributed by atoms with E-state index in [1.807, 2.05) is 0 Å². The van der Waals surface area contributed by atoms with E-state index < -0.39 is 0 Å². The van der Waals surface area contributed by atoms with Gasteiger partial charge in [0.2, 0.25) is 0 Å². The van der Waals surface area contributed by atoms with Crippen LogP contribution in [0.1, 0.15) is 11.6 Å². The van der Waals surface area contributed by atoms with Gasteiger partial charge in [0.15, 0.2) is 0 Å². The maximum absolute atomic E-state index is 6.38. The Balaban J connectivity index is 1.76. The van der Waals surface area contributed by atoms with Gasteiger partial charge in [-0.15, -0.1) is 11.3 Å². The molecule has 3 rings (SSSR count). The number of hydrogen-bond acceptors (Lipinski definition) is 4. The molecule has 1 fully saturated rings. The van der Waals surface area contributed by atoms with Gasteiger partial charge in [-0.2, -0.15) is 0 Å². The summed E-state index contributed by atoms with van der Waals surface area (Å²) in [7, 11) is 0. The molecule has 1 aromatic carbocycles. The smallest absolute Gasteiger partial charge is 0.0438 e. The summed E-state index contributed by atoms with van der Waals surface area (Å²) in [5.41, 5.74) is 7.68. The van der Waals surface area contributed by atoms with Crippen LogP contribution >= 0.6 is 11.3 Å². The predicted molar refractivity (Wildman–Crippen MR) is 78.1 cm³/mol. The molecule has 1 aliphatic rings. The van der Waals surface area contributed by atoms with Gasteiger partial charge in [-0.25, -0.2) is 0 Å². The first kappa shape index (κ1) is 12.1. The van der Waals surface area contributed by atoms with Crippen LogP contribution in [0.2, 0.25) is 0 Å². The van der Waals surface area contributed by atoms with Gasteiger partial charge in [0, 0.05) is 43.5 Å². The van der Waals surface area contributed by atoms with Gasteiger partial charge in [0.25, 0.3) is 0 Å². The van der Waals surface area contributed by atoms with Crippen LogP contribution in [0.3, 0.4) is 0 Å². The highest BCUT2D eigenvalue weighted by Gasteiger charge is 2.17. The SMILES string of the molecule is NC(CN1CCNCC1)c1csc2ccccc12. The van der Waals surface area contributed by atoms with E-state index in [0.717, 1.165) is 32.7 Å². The van der Waals surface area contributed by atoms with Crippen LogP contribution in [0, 0.1) is 0 Å². The van der Waals surface area contributed by atoms with Gasteiger partial charge in [-0.05, 0) is 22.4 Å². The number of nitrogens with two attached hydrogens (primary N) is 1. The summed E-state index contributed by atoms with van der Waals surface area (Å²) in [5, 5.41) is 6.92. The predicted octanol–water partition coefficient (Wildman–Crippen LogP) is 1.81. The molecular formula is C14H19N3S. The normalized spacial score (nSPS) is 19.2. The minimum Gasteiger partial charge on any atom is -0.323 e. The zero-order valence-electron chi connectivity index (χ0n) is 10.4. The fraction of sp³-hybridized carbons (Fsp3) is 0.429. The van der Waals surface area contributed by atoms with Crippen molar-refractivity contribution in [3.63, 3.8) is 0 Å². The molecule has 2 heterocycles. The lowest BCUT2D eigenvalue weighted by Gasteiger charge is -2.29. The van der Waals surface area contributed by atoms with Gasteiger partial charge in [0.1, 0.15) is 0 Å². The monoisotopic (exact) mass is 261 g/mol. The van der Waals surface area contributed by atoms with Gasteiger partial charge in [-0.3, -0.25) is 4.90 Å². The van der Waals surface area contributed by atoms with E-state index in [9.17, 15) is 0 Å². The molecule has 2 aromatic rings. The van der Waals surface area contributed by atoms with Gasteiger partial charge >= 0.3 is 0 Å². The molecule has 0 radical (unpaired) electrons. The first-order chi connectivity index (χ1) is 8.84. The number of hydrogen-bond donors (Lipinski definition) is 2. The minimum absolute atomic E-state index is 0.124. The maximum atomic E-state index is 6.38. The maximum Gasteiger partial charge on any atom is 0.0438 e. The van der Waals surface area contributed by atoms with Gasteiger partial charge in [-0.1, -0.05) is 18.2 Å². The number of piperazine rings is 1. The second-order valence-electron chi connectivity index (χ2n) is 4.84. The molecule has 0 spiro atoms. The number of thiophene rings is 1. The van der Waals surface area contributed by atoms with Crippen LogP contribution in [-0.2, 0) is 0 Å². The summed E-state index contributed by atoms with van der Waals surface area (Å²) < 4.78 is 1.34. The highest BCUT2D eigenvalue weighted by molar-refractivity contribution is 7.17. The Labute approximate surface area is 112 Å². The molecule has 1 saturated heterocycles. The molecule has 1 atom stereocenters. The molecule has 1 aromatic heterocycles. The Morgan fingerprint density at radius 3 is 2.89 bits per heavy atom. The molecule has 3 nitrogen and oxygen atoms in total. The lowest BCUT2D eigenvalue weighted by molar-refractivity contribution is 0.228. The summed E-state index contributed by atoms with van der Waals surface area (Å²) in [4.78, 5) is 2.45. The Hall–Kier alpha value is -0.940. The number of benzene rings is 1. The van der Waals surface area contributed by atoms with E-state index in [1.54, 1.807) is 11.3 Å². The second kappa shape index (κ2) is 5.36. The van der Waals surface area contributed by atoms with Crippen LogP contribution in [0.4, 0.5) is 0 Å². The van der Waals surface area contributed by atoms with E-state index in [2.05, 4.69) is 39.9 Å². The van der Waals surface area contributed by atoms with Crippen LogP contribution < -0.4 is 11.1 Å². The number of nitrogens with one attached hydrogen (secondary N) is 1. The van der Waals surface area contributed by atoms with Crippen molar-refractivity contribution < 1.29 is 0 Å². The summed E-state index contributed by atoms with van der Waals surface area (Å²) in [6, 6.07) is 8.65. The molecular weight excluding hydrogens is 242 g/mol.